The summed E-state index contributed by atoms with van der Waals surface area (Å²) in [4.78, 5) is 26.8. The average molecular weight is 558 g/mol. The number of carboxylic acids is 1. The molecule has 3 rings (SSSR count). The Morgan fingerprint density at radius 1 is 0.917 bits per heavy atom. The van der Waals surface area contributed by atoms with Crippen molar-refractivity contribution in [2.24, 2.45) is 0 Å². The lowest BCUT2D eigenvalue weighted by Crippen LogP contribution is -2.36. The molecule has 0 fully saturated rings. The minimum Gasteiger partial charge on any atom is -0.493 e. The molecule has 0 aliphatic heterocycles. The quantitative estimate of drug-likeness (QED) is 0.340. The molecule has 0 aromatic heterocycles. The smallest absolute Gasteiger partial charge is 0.339 e. The third-order valence-electron chi connectivity index (χ3n) is 5.68. The molecule has 0 bridgehead atoms. The second-order valence-electron chi connectivity index (χ2n) is 7.85. The standard InChI is InChI=1S/C27H28BrNO7/c1-17(19-9-6-5-7-10-19)29(15-18-13-22(33-2)26(35-4)23(14-18)34-3)24(30)16-36-25-20(27(31)32)11-8-12-21(25)28/h5-14,17H,15-16H2,1-4H3,(H,31,32)/t17-/m0/s1. The van der Waals surface area contributed by atoms with Gasteiger partial charge in [0.05, 0.1) is 31.8 Å². The Morgan fingerprint density at radius 3 is 2.11 bits per heavy atom. The highest BCUT2D eigenvalue weighted by Gasteiger charge is 2.25. The van der Waals surface area contributed by atoms with Crippen molar-refractivity contribution in [2.75, 3.05) is 27.9 Å². The number of carbonyl (C=O) groups is 2. The van der Waals surface area contributed by atoms with Crippen molar-refractivity contribution in [1.29, 1.82) is 0 Å². The molecule has 3 aromatic rings. The number of carbonyl (C=O) groups excluding carboxylic acids is 1. The largest absolute Gasteiger partial charge is 0.493 e. The molecule has 1 N–H and O–H groups in total. The Kier molecular flexibility index (Phi) is 9.19. The number of ether oxygens (including phenoxy) is 4. The molecule has 36 heavy (non-hydrogen) atoms. The van der Waals surface area contributed by atoms with Gasteiger partial charge in [0.15, 0.2) is 18.1 Å². The molecule has 0 radical (unpaired) electrons. The van der Waals surface area contributed by atoms with E-state index in [1.165, 1.54) is 27.4 Å². The number of hydrogen-bond donors (Lipinski definition) is 1. The molecule has 0 aliphatic carbocycles. The zero-order valence-electron chi connectivity index (χ0n) is 20.5. The van der Waals surface area contributed by atoms with Crippen molar-refractivity contribution in [3.8, 4) is 23.0 Å². The van der Waals surface area contributed by atoms with Crippen LogP contribution in [0.15, 0.2) is 65.1 Å². The molecule has 0 saturated heterocycles. The third kappa shape index (κ3) is 6.09. The van der Waals surface area contributed by atoms with Gasteiger partial charge < -0.3 is 29.0 Å². The van der Waals surface area contributed by atoms with Gasteiger partial charge in [-0.3, -0.25) is 4.79 Å². The van der Waals surface area contributed by atoms with Crippen LogP contribution >= 0.6 is 15.9 Å². The normalized spacial score (nSPS) is 11.4. The maximum absolute atomic E-state index is 13.5. The highest BCUT2D eigenvalue weighted by atomic mass is 79.9. The fraction of sp³-hybridized carbons (Fsp3) is 0.259. The molecule has 0 heterocycles. The fourth-order valence-electron chi connectivity index (χ4n) is 3.82. The van der Waals surface area contributed by atoms with Gasteiger partial charge in [-0.15, -0.1) is 0 Å². The van der Waals surface area contributed by atoms with E-state index in [1.807, 2.05) is 37.3 Å². The predicted molar refractivity (Wildman–Crippen MR) is 138 cm³/mol. The van der Waals surface area contributed by atoms with Gasteiger partial charge in [-0.05, 0) is 58.2 Å². The summed E-state index contributed by atoms with van der Waals surface area (Å²) in [6.07, 6.45) is 0. The summed E-state index contributed by atoms with van der Waals surface area (Å²) in [6.45, 7) is 1.79. The van der Waals surface area contributed by atoms with Gasteiger partial charge in [-0.1, -0.05) is 36.4 Å². The van der Waals surface area contributed by atoms with E-state index in [-0.39, 0.29) is 36.4 Å². The number of hydrogen-bond acceptors (Lipinski definition) is 6. The van der Waals surface area contributed by atoms with Gasteiger partial charge in [0.1, 0.15) is 11.3 Å². The van der Waals surface area contributed by atoms with E-state index in [1.54, 1.807) is 29.2 Å². The maximum atomic E-state index is 13.5. The molecular weight excluding hydrogens is 530 g/mol. The summed E-state index contributed by atoms with van der Waals surface area (Å²) in [5.74, 6) is 0.0249. The van der Waals surface area contributed by atoms with Crippen LogP contribution in [0.5, 0.6) is 23.0 Å². The summed E-state index contributed by atoms with van der Waals surface area (Å²) < 4.78 is 22.5. The van der Waals surface area contributed by atoms with Crippen molar-refractivity contribution in [3.63, 3.8) is 0 Å². The van der Waals surface area contributed by atoms with Crippen molar-refractivity contribution in [3.05, 3.63) is 81.8 Å². The zero-order chi connectivity index (χ0) is 26.2. The SMILES string of the molecule is COc1cc(CN(C(=O)COc2c(Br)cccc2C(=O)O)[C@@H](C)c2ccccc2)cc(OC)c1OC. The van der Waals surface area contributed by atoms with Crippen LogP contribution in [0.2, 0.25) is 0 Å². The molecule has 9 heteroatoms. The molecule has 0 unspecified atom stereocenters. The maximum Gasteiger partial charge on any atom is 0.339 e. The first-order valence-corrected chi connectivity index (χ1v) is 11.9. The van der Waals surface area contributed by atoms with Crippen LogP contribution in [-0.2, 0) is 11.3 Å². The number of amides is 1. The summed E-state index contributed by atoms with van der Waals surface area (Å²) >= 11 is 3.31. The molecule has 0 spiro atoms. The molecule has 8 nitrogen and oxygen atoms in total. The Morgan fingerprint density at radius 2 is 1.56 bits per heavy atom. The van der Waals surface area contributed by atoms with Crippen molar-refractivity contribution in [1.82, 2.24) is 4.90 Å². The molecule has 0 aliphatic rings. The zero-order valence-corrected chi connectivity index (χ0v) is 22.1. The van der Waals surface area contributed by atoms with E-state index < -0.39 is 5.97 Å². The lowest BCUT2D eigenvalue weighted by molar-refractivity contribution is -0.136. The number of rotatable bonds is 11. The summed E-state index contributed by atoms with van der Waals surface area (Å²) in [5.41, 5.74) is 1.66. The summed E-state index contributed by atoms with van der Waals surface area (Å²) in [6, 6.07) is 17.6. The number of benzene rings is 3. The van der Waals surface area contributed by atoms with Gasteiger partial charge in [-0.2, -0.15) is 0 Å². The second-order valence-corrected chi connectivity index (χ2v) is 8.71. The summed E-state index contributed by atoms with van der Waals surface area (Å²) in [5, 5.41) is 9.51. The van der Waals surface area contributed by atoms with E-state index in [9.17, 15) is 14.7 Å². The first-order chi connectivity index (χ1) is 17.3. The predicted octanol–water partition coefficient (Wildman–Crippen LogP) is 5.34. The minimum absolute atomic E-state index is 0.0375. The van der Waals surface area contributed by atoms with Crippen LogP contribution in [0.25, 0.3) is 0 Å². The fourth-order valence-corrected chi connectivity index (χ4v) is 4.30. The second kappa shape index (κ2) is 12.3. The Labute approximate surface area is 218 Å². The Balaban J connectivity index is 1.94. The molecule has 3 aromatic carbocycles. The number of aromatic carboxylic acids is 1. The first kappa shape index (κ1) is 26.9. The molecule has 0 saturated carbocycles. The molecule has 190 valence electrons. The topological polar surface area (TPSA) is 94.5 Å². The van der Waals surface area contributed by atoms with E-state index in [2.05, 4.69) is 15.9 Å². The van der Waals surface area contributed by atoms with Crippen molar-refractivity contribution < 1.29 is 33.6 Å². The lowest BCUT2D eigenvalue weighted by atomic mass is 10.1. The highest BCUT2D eigenvalue weighted by molar-refractivity contribution is 9.10. The van der Waals surface area contributed by atoms with Gasteiger partial charge in [0.2, 0.25) is 5.75 Å². The number of methoxy groups -OCH3 is 3. The average Bonchev–Trinajstić information content (AvgIpc) is 2.89. The van der Waals surface area contributed by atoms with Gasteiger partial charge in [0.25, 0.3) is 5.91 Å². The monoisotopic (exact) mass is 557 g/mol. The third-order valence-corrected chi connectivity index (χ3v) is 6.31. The summed E-state index contributed by atoms with van der Waals surface area (Å²) in [7, 11) is 4.59. The molecular formula is C27H28BrNO7. The van der Waals surface area contributed by atoms with Crippen LogP contribution < -0.4 is 18.9 Å². The van der Waals surface area contributed by atoms with E-state index >= 15 is 0 Å². The van der Waals surface area contributed by atoms with Crippen LogP contribution in [0.4, 0.5) is 0 Å². The van der Waals surface area contributed by atoms with Crippen LogP contribution in [0, 0.1) is 0 Å². The number of nitrogens with zero attached hydrogens (tertiary/aromatic N) is 1. The van der Waals surface area contributed by atoms with Crippen molar-refractivity contribution in [2.45, 2.75) is 19.5 Å². The molecule has 1 amide bonds. The van der Waals surface area contributed by atoms with Crippen LogP contribution in [-0.4, -0.2) is 49.8 Å². The van der Waals surface area contributed by atoms with E-state index in [4.69, 9.17) is 18.9 Å². The number of halogens is 1. The Hall–Kier alpha value is -3.72. The number of para-hydroxylation sites is 1. The van der Waals surface area contributed by atoms with Crippen molar-refractivity contribution >= 4 is 27.8 Å². The van der Waals surface area contributed by atoms with Gasteiger partial charge in [0, 0.05) is 6.54 Å². The Bertz CT molecular complexity index is 1190. The van der Waals surface area contributed by atoms with Gasteiger partial charge >= 0.3 is 5.97 Å². The minimum atomic E-state index is -1.15. The lowest BCUT2D eigenvalue weighted by Gasteiger charge is -2.30. The highest BCUT2D eigenvalue weighted by Crippen LogP contribution is 2.39. The van der Waals surface area contributed by atoms with Crippen LogP contribution in [0.3, 0.4) is 0 Å². The molecule has 1 atom stereocenters. The number of carboxylic acid groups (broad SMARTS) is 1. The van der Waals surface area contributed by atoms with E-state index in [0.717, 1.165) is 11.1 Å². The van der Waals surface area contributed by atoms with Gasteiger partial charge in [-0.25, -0.2) is 4.79 Å². The van der Waals surface area contributed by atoms with Crippen LogP contribution in [0.1, 0.15) is 34.5 Å². The van der Waals surface area contributed by atoms with E-state index in [0.29, 0.717) is 21.7 Å². The first-order valence-electron chi connectivity index (χ1n) is 11.1.